The quantitative estimate of drug-likeness (QED) is 0.490. The van der Waals surface area contributed by atoms with Crippen molar-refractivity contribution in [3.05, 3.63) is 100.0 Å². The topological polar surface area (TPSA) is 80.5 Å². The van der Waals surface area contributed by atoms with E-state index < -0.39 is 0 Å². The van der Waals surface area contributed by atoms with Gasteiger partial charge in [-0.1, -0.05) is 24.3 Å². The molecule has 0 fully saturated rings. The van der Waals surface area contributed by atoms with E-state index in [1.54, 1.807) is 53.8 Å². The summed E-state index contributed by atoms with van der Waals surface area (Å²) in [5.41, 5.74) is 4.65. The summed E-state index contributed by atoms with van der Waals surface area (Å²) in [5.74, 6) is -0.748. The van der Waals surface area contributed by atoms with Crippen LogP contribution in [0.5, 0.6) is 0 Å². The minimum absolute atomic E-state index is 0.189. The third kappa shape index (κ3) is 2.65. The Morgan fingerprint density at radius 1 is 0.867 bits per heavy atom. The third-order valence-corrected chi connectivity index (χ3v) is 5.35. The number of imidazole rings is 1. The molecule has 0 bridgehead atoms. The summed E-state index contributed by atoms with van der Waals surface area (Å²) in [5, 5.41) is 2.84. The number of carbonyl (C=O) groups excluding carboxylic acids is 3. The number of anilines is 1. The highest BCUT2D eigenvalue weighted by Crippen LogP contribution is 2.29. The molecule has 0 unspecified atom stereocenters. The summed E-state index contributed by atoms with van der Waals surface area (Å²) in [7, 11) is 0. The minimum Gasteiger partial charge on any atom is -0.321 e. The van der Waals surface area contributed by atoms with Crippen molar-refractivity contribution in [2.45, 2.75) is 13.8 Å². The van der Waals surface area contributed by atoms with Crippen LogP contribution in [0.3, 0.4) is 0 Å². The van der Waals surface area contributed by atoms with Gasteiger partial charge in [0, 0.05) is 34.1 Å². The van der Waals surface area contributed by atoms with Crippen molar-refractivity contribution in [3.63, 3.8) is 0 Å². The molecule has 1 aliphatic rings. The maximum atomic E-state index is 13.0. The van der Waals surface area contributed by atoms with Crippen LogP contribution < -0.4 is 5.32 Å². The molecule has 0 saturated carbocycles. The normalized spacial score (nSPS) is 12.6. The second kappa shape index (κ2) is 6.49. The first-order valence-corrected chi connectivity index (χ1v) is 9.53. The van der Waals surface area contributed by atoms with Crippen molar-refractivity contribution in [2.24, 2.45) is 0 Å². The molecular weight excluding hydrogens is 378 g/mol. The smallest absolute Gasteiger partial charge is 0.274 e. The molecule has 6 heteroatoms. The summed E-state index contributed by atoms with van der Waals surface area (Å²) >= 11 is 0. The number of amides is 1. The summed E-state index contributed by atoms with van der Waals surface area (Å²) < 4.78 is 1.74. The lowest BCUT2D eigenvalue weighted by atomic mass is 9.84. The van der Waals surface area contributed by atoms with E-state index in [9.17, 15) is 14.4 Å². The number of rotatable bonds is 2. The highest BCUT2D eigenvalue weighted by atomic mass is 16.2. The number of aryl methyl sites for hydroxylation is 2. The van der Waals surface area contributed by atoms with E-state index >= 15 is 0 Å². The summed E-state index contributed by atoms with van der Waals surface area (Å²) in [6, 6.07) is 15.4. The lowest BCUT2D eigenvalue weighted by Gasteiger charge is -2.18. The molecule has 0 saturated heterocycles. The Kier molecular flexibility index (Phi) is 3.89. The molecule has 5 rings (SSSR count). The molecular formula is C24H17N3O3. The van der Waals surface area contributed by atoms with Gasteiger partial charge in [0.2, 0.25) is 0 Å². The molecule has 30 heavy (non-hydrogen) atoms. The van der Waals surface area contributed by atoms with Crippen molar-refractivity contribution in [1.29, 1.82) is 0 Å². The van der Waals surface area contributed by atoms with Gasteiger partial charge in [0.05, 0.1) is 5.69 Å². The Morgan fingerprint density at radius 3 is 2.27 bits per heavy atom. The Hall–Kier alpha value is -4.06. The van der Waals surface area contributed by atoms with E-state index in [0.717, 1.165) is 5.56 Å². The van der Waals surface area contributed by atoms with E-state index in [4.69, 9.17) is 0 Å². The Labute approximate surface area is 172 Å². The van der Waals surface area contributed by atoms with E-state index in [-0.39, 0.29) is 17.5 Å². The van der Waals surface area contributed by atoms with Crippen molar-refractivity contribution >= 4 is 28.8 Å². The van der Waals surface area contributed by atoms with Gasteiger partial charge in [-0.2, -0.15) is 0 Å². The highest BCUT2D eigenvalue weighted by molar-refractivity contribution is 6.28. The fourth-order valence-electron chi connectivity index (χ4n) is 3.91. The molecule has 2 heterocycles. The van der Waals surface area contributed by atoms with Crippen LogP contribution in [0.15, 0.2) is 60.8 Å². The van der Waals surface area contributed by atoms with Gasteiger partial charge < -0.3 is 5.32 Å². The summed E-state index contributed by atoms with van der Waals surface area (Å²) in [4.78, 5) is 43.1. The van der Waals surface area contributed by atoms with Gasteiger partial charge in [0.15, 0.2) is 11.6 Å². The molecule has 0 atom stereocenters. The molecule has 2 aromatic carbocycles. The molecule has 6 nitrogen and oxygen atoms in total. The first-order chi connectivity index (χ1) is 14.4. The van der Waals surface area contributed by atoms with Crippen LogP contribution in [0.1, 0.15) is 53.6 Å². The van der Waals surface area contributed by atoms with E-state index in [2.05, 4.69) is 10.3 Å². The molecule has 1 amide bonds. The lowest BCUT2D eigenvalue weighted by molar-refractivity contribution is 0.0979. The number of fused-ring (bicyclic) bond motifs is 3. The van der Waals surface area contributed by atoms with Gasteiger partial charge in [-0.3, -0.25) is 18.8 Å². The van der Waals surface area contributed by atoms with Crippen molar-refractivity contribution in [1.82, 2.24) is 9.38 Å². The maximum Gasteiger partial charge on any atom is 0.274 e. The number of hydrogen-bond acceptors (Lipinski definition) is 4. The fourth-order valence-corrected chi connectivity index (χ4v) is 3.91. The zero-order chi connectivity index (χ0) is 21.0. The second-order valence-electron chi connectivity index (χ2n) is 7.40. The second-order valence-corrected chi connectivity index (χ2v) is 7.40. The third-order valence-electron chi connectivity index (χ3n) is 5.35. The average molecular weight is 395 g/mol. The molecule has 0 aliphatic heterocycles. The van der Waals surface area contributed by atoms with Gasteiger partial charge in [0.1, 0.15) is 11.3 Å². The van der Waals surface area contributed by atoms with Crippen LogP contribution in [0.2, 0.25) is 0 Å². The molecule has 146 valence electrons. The lowest BCUT2D eigenvalue weighted by Crippen LogP contribution is -2.22. The fraction of sp³-hybridized carbons (Fsp3) is 0.0833. The number of ketones is 2. The van der Waals surface area contributed by atoms with Crippen LogP contribution in [-0.2, 0) is 0 Å². The maximum absolute atomic E-state index is 13.0. The van der Waals surface area contributed by atoms with Gasteiger partial charge >= 0.3 is 0 Å². The number of nitrogens with one attached hydrogen (secondary N) is 1. The van der Waals surface area contributed by atoms with Gasteiger partial charge in [-0.05, 0) is 49.7 Å². The molecule has 4 aromatic rings. The average Bonchev–Trinajstić information content (AvgIpc) is 3.06. The first-order valence-electron chi connectivity index (χ1n) is 9.53. The standard InChI is InChI=1S/C24H17N3O3/c1-13-9-10-27-20(11-13)25-14(2)21(27)24(30)26-15-7-8-18-19(12-15)23(29)17-6-4-3-5-16(17)22(18)28/h3-12H,1-2H3,(H,26,30). The van der Waals surface area contributed by atoms with Gasteiger partial charge in [0.25, 0.3) is 5.91 Å². The number of carbonyl (C=O) groups is 3. The Morgan fingerprint density at radius 2 is 1.53 bits per heavy atom. The Bertz CT molecular complexity index is 1400. The van der Waals surface area contributed by atoms with Crippen LogP contribution in [0, 0.1) is 13.8 Å². The SMILES string of the molecule is Cc1ccn2c(C(=O)Nc3ccc4c(c3)C(=O)c3ccccc3C4=O)c(C)nc2c1. The zero-order valence-corrected chi connectivity index (χ0v) is 16.4. The molecule has 0 radical (unpaired) electrons. The van der Waals surface area contributed by atoms with E-state index in [0.29, 0.717) is 45.0 Å². The number of pyridine rings is 1. The zero-order valence-electron chi connectivity index (χ0n) is 16.4. The number of hydrogen-bond donors (Lipinski definition) is 1. The minimum atomic E-state index is -0.334. The molecule has 2 aromatic heterocycles. The predicted octanol–water partition coefficient (Wildman–Crippen LogP) is 3.98. The monoisotopic (exact) mass is 395 g/mol. The van der Waals surface area contributed by atoms with E-state index in [1.807, 2.05) is 25.3 Å². The first kappa shape index (κ1) is 18.0. The molecule has 0 spiro atoms. The van der Waals surface area contributed by atoms with Gasteiger partial charge in [-0.15, -0.1) is 0 Å². The van der Waals surface area contributed by atoms with Crippen LogP contribution in [-0.4, -0.2) is 26.9 Å². The van der Waals surface area contributed by atoms with E-state index in [1.165, 1.54) is 0 Å². The predicted molar refractivity (Wildman–Crippen MR) is 112 cm³/mol. The van der Waals surface area contributed by atoms with Crippen molar-refractivity contribution in [2.75, 3.05) is 5.32 Å². The van der Waals surface area contributed by atoms with Crippen LogP contribution >= 0.6 is 0 Å². The number of nitrogens with zero attached hydrogens (tertiary/aromatic N) is 2. The van der Waals surface area contributed by atoms with Gasteiger partial charge in [-0.25, -0.2) is 4.98 Å². The van der Waals surface area contributed by atoms with Crippen molar-refractivity contribution < 1.29 is 14.4 Å². The Balaban J connectivity index is 1.52. The molecule has 1 aliphatic carbocycles. The summed E-state index contributed by atoms with van der Waals surface area (Å²) in [6.45, 7) is 3.75. The number of benzene rings is 2. The highest BCUT2D eigenvalue weighted by Gasteiger charge is 2.29. The summed E-state index contributed by atoms with van der Waals surface area (Å²) in [6.07, 6.45) is 1.81. The van der Waals surface area contributed by atoms with Crippen molar-refractivity contribution in [3.8, 4) is 0 Å². The molecule has 1 N–H and O–H groups in total. The van der Waals surface area contributed by atoms with Crippen LogP contribution in [0.25, 0.3) is 5.65 Å². The number of aromatic nitrogens is 2. The largest absolute Gasteiger partial charge is 0.321 e. The van der Waals surface area contributed by atoms with Crippen LogP contribution in [0.4, 0.5) is 5.69 Å².